The Hall–Kier alpha value is -4.47. The molecule has 3 aromatic heterocycles. The molecule has 1 spiro atoms. The molecule has 10 heteroatoms. The van der Waals surface area contributed by atoms with Gasteiger partial charge in [-0.05, 0) is 87.6 Å². The number of nitrogens with one attached hydrogen (secondary N) is 1. The summed E-state index contributed by atoms with van der Waals surface area (Å²) in [5.74, 6) is 1.09. The van der Waals surface area contributed by atoms with E-state index < -0.39 is 5.60 Å². The summed E-state index contributed by atoms with van der Waals surface area (Å²) < 4.78 is 13.4. The first kappa shape index (κ1) is 30.0. The van der Waals surface area contributed by atoms with Gasteiger partial charge in [0.05, 0.1) is 11.1 Å². The molecule has 43 heavy (non-hydrogen) atoms. The molecule has 0 bridgehead atoms. The molecule has 3 N–H and O–H groups in total. The van der Waals surface area contributed by atoms with E-state index in [1.807, 2.05) is 65.9 Å². The number of benzene rings is 1. The normalized spacial score (nSPS) is 19.6. The lowest BCUT2D eigenvalue weighted by Crippen LogP contribution is -2.52. The molecule has 0 unspecified atom stereocenters. The number of aryl methyl sites for hydroxylation is 1. The highest BCUT2D eigenvalue weighted by molar-refractivity contribution is 6.06. The highest BCUT2D eigenvalue weighted by atomic mass is 16.6. The zero-order valence-corrected chi connectivity index (χ0v) is 25.8. The van der Waals surface area contributed by atoms with Crippen LogP contribution in [0.1, 0.15) is 72.4 Å². The highest BCUT2D eigenvalue weighted by Crippen LogP contribution is 2.53. The predicted octanol–water partition coefficient (Wildman–Crippen LogP) is 7.07. The van der Waals surface area contributed by atoms with Crippen LogP contribution < -0.4 is 15.8 Å². The Balaban J connectivity index is 0.00000180. The molecule has 0 atom stereocenters. The number of rotatable bonds is 5. The molecule has 1 aromatic carbocycles. The average Bonchev–Trinajstić information content (AvgIpc) is 3.27. The summed E-state index contributed by atoms with van der Waals surface area (Å²) in [6, 6.07) is 10.1. The van der Waals surface area contributed by atoms with Gasteiger partial charge in [0, 0.05) is 31.0 Å². The number of aromatic nitrogens is 5. The van der Waals surface area contributed by atoms with Crippen LogP contribution in [0.4, 0.5) is 10.6 Å². The van der Waals surface area contributed by atoms with Gasteiger partial charge in [0.15, 0.2) is 0 Å². The number of carbonyl (C=O) groups is 1. The summed E-state index contributed by atoms with van der Waals surface area (Å²) in [6.07, 6.45) is 11.7. The highest BCUT2D eigenvalue weighted by Gasteiger charge is 2.45. The van der Waals surface area contributed by atoms with Crippen LogP contribution in [0.15, 0.2) is 55.1 Å². The molecule has 10 nitrogen and oxygen atoms in total. The van der Waals surface area contributed by atoms with Crippen LogP contribution in [0.5, 0.6) is 11.8 Å². The third kappa shape index (κ3) is 6.33. The van der Waals surface area contributed by atoms with E-state index in [1.165, 1.54) is 11.9 Å². The van der Waals surface area contributed by atoms with Gasteiger partial charge in [0.25, 0.3) is 0 Å². The van der Waals surface area contributed by atoms with Crippen LogP contribution in [0.3, 0.4) is 0 Å². The Morgan fingerprint density at radius 2 is 1.77 bits per heavy atom. The van der Waals surface area contributed by atoms with E-state index in [2.05, 4.69) is 35.9 Å². The molecule has 1 fully saturated rings. The lowest BCUT2D eigenvalue weighted by atomic mass is 9.59. The number of hydrogen-bond acceptors (Lipinski definition) is 8. The van der Waals surface area contributed by atoms with Crippen molar-refractivity contribution in [2.45, 2.75) is 78.4 Å². The molecule has 2 aliphatic rings. The number of ether oxygens (including phenoxy) is 2. The number of hydrogen-bond donors (Lipinski definition) is 2. The maximum atomic E-state index is 12.2. The van der Waals surface area contributed by atoms with Crippen LogP contribution in [0.25, 0.3) is 27.7 Å². The molecule has 4 aromatic rings. The maximum absolute atomic E-state index is 12.2. The monoisotopic (exact) mass is 583 g/mol. The molecular formula is C33H41N7O3. The molecule has 0 saturated heterocycles. The SMILES string of the molecule is CC.Cn1c(C2=CCC3(CC2)CC(NC(=O)OC(C)(C)C)C3)c(-c2ccc(Oc3ncccn3)cc2)c2c(N)ncnc21. The zero-order chi connectivity index (χ0) is 30.8. The largest absolute Gasteiger partial charge is 0.444 e. The van der Waals surface area contributed by atoms with Crippen LogP contribution in [-0.2, 0) is 11.8 Å². The number of allylic oxidation sites excluding steroid dienone is 2. The Morgan fingerprint density at radius 1 is 1.07 bits per heavy atom. The van der Waals surface area contributed by atoms with Crippen molar-refractivity contribution in [2.75, 3.05) is 5.73 Å². The molecule has 0 radical (unpaired) electrons. The third-order valence-electron chi connectivity index (χ3n) is 7.98. The van der Waals surface area contributed by atoms with Gasteiger partial charge in [-0.25, -0.2) is 24.7 Å². The van der Waals surface area contributed by atoms with E-state index in [0.717, 1.165) is 60.0 Å². The lowest BCUT2D eigenvalue weighted by Gasteiger charge is -2.49. The van der Waals surface area contributed by atoms with E-state index in [0.29, 0.717) is 17.6 Å². The van der Waals surface area contributed by atoms with E-state index in [9.17, 15) is 4.79 Å². The van der Waals surface area contributed by atoms with E-state index >= 15 is 0 Å². The molecule has 6 rings (SSSR count). The van der Waals surface area contributed by atoms with Crippen molar-refractivity contribution in [3.8, 4) is 22.9 Å². The van der Waals surface area contributed by atoms with Gasteiger partial charge in [-0.1, -0.05) is 32.1 Å². The molecule has 0 aliphatic heterocycles. The van der Waals surface area contributed by atoms with Crippen LogP contribution >= 0.6 is 0 Å². The Morgan fingerprint density at radius 3 is 2.40 bits per heavy atom. The molecular weight excluding hydrogens is 542 g/mol. The third-order valence-corrected chi connectivity index (χ3v) is 7.98. The number of nitrogens with two attached hydrogens (primary N) is 1. The minimum Gasteiger partial charge on any atom is -0.444 e. The molecule has 226 valence electrons. The summed E-state index contributed by atoms with van der Waals surface area (Å²) in [6.45, 7) is 9.64. The second-order valence-electron chi connectivity index (χ2n) is 12.1. The number of nitrogens with zero attached hydrogens (tertiary/aromatic N) is 5. The zero-order valence-electron chi connectivity index (χ0n) is 25.8. The van der Waals surface area contributed by atoms with Crippen molar-refractivity contribution < 1.29 is 14.3 Å². The van der Waals surface area contributed by atoms with Gasteiger partial charge in [-0.15, -0.1) is 0 Å². The second kappa shape index (κ2) is 12.0. The molecule has 2 aliphatic carbocycles. The first-order valence-corrected chi connectivity index (χ1v) is 14.9. The number of anilines is 1. The van der Waals surface area contributed by atoms with Crippen LogP contribution in [0, 0.1) is 5.41 Å². The minimum atomic E-state index is -0.498. The van der Waals surface area contributed by atoms with E-state index in [-0.39, 0.29) is 17.6 Å². The maximum Gasteiger partial charge on any atom is 0.407 e. The topological polar surface area (TPSA) is 130 Å². The van der Waals surface area contributed by atoms with E-state index in [1.54, 1.807) is 18.5 Å². The Bertz CT molecular complexity index is 1620. The number of nitrogen functional groups attached to an aromatic ring is 1. The van der Waals surface area contributed by atoms with Crippen LogP contribution in [0.2, 0.25) is 0 Å². The van der Waals surface area contributed by atoms with Gasteiger partial charge in [0.1, 0.15) is 29.1 Å². The van der Waals surface area contributed by atoms with E-state index in [4.69, 9.17) is 15.2 Å². The van der Waals surface area contributed by atoms with Crippen molar-refractivity contribution >= 4 is 28.5 Å². The summed E-state index contributed by atoms with van der Waals surface area (Å²) >= 11 is 0. The fourth-order valence-corrected chi connectivity index (χ4v) is 6.16. The van der Waals surface area contributed by atoms with Gasteiger partial charge in [-0.2, -0.15) is 0 Å². The minimum absolute atomic E-state index is 0.157. The fraction of sp³-hybridized carbons (Fsp3) is 0.424. The second-order valence-corrected chi connectivity index (χ2v) is 12.1. The molecule has 3 heterocycles. The summed E-state index contributed by atoms with van der Waals surface area (Å²) in [4.78, 5) is 29.4. The van der Waals surface area contributed by atoms with Gasteiger partial charge >= 0.3 is 12.1 Å². The van der Waals surface area contributed by atoms with Crippen molar-refractivity contribution in [2.24, 2.45) is 12.5 Å². The first-order valence-electron chi connectivity index (χ1n) is 14.9. The smallest absolute Gasteiger partial charge is 0.407 e. The van der Waals surface area contributed by atoms with Gasteiger partial charge in [0.2, 0.25) is 0 Å². The Kier molecular flexibility index (Phi) is 8.39. The average molecular weight is 584 g/mol. The van der Waals surface area contributed by atoms with Crippen molar-refractivity contribution in [3.05, 3.63) is 60.8 Å². The van der Waals surface area contributed by atoms with Crippen molar-refractivity contribution in [3.63, 3.8) is 0 Å². The molecule has 1 amide bonds. The number of alkyl carbamates (subject to hydrolysis) is 1. The first-order chi connectivity index (χ1) is 20.6. The van der Waals surface area contributed by atoms with Crippen LogP contribution in [-0.4, -0.2) is 42.2 Å². The van der Waals surface area contributed by atoms with Crippen molar-refractivity contribution in [1.82, 2.24) is 29.8 Å². The molecule has 1 saturated carbocycles. The predicted molar refractivity (Wildman–Crippen MR) is 168 cm³/mol. The number of fused-ring (bicyclic) bond motifs is 1. The number of carbonyl (C=O) groups excluding carboxylic acids is 1. The standard InChI is InChI=1S/C31H35N7O3.C2H6/c1-30(2,3)41-29(39)37-21-16-31(17-21)12-10-20(11-13-31)25-23(24-26(32)35-18-36-27(24)38(25)4)19-6-8-22(9-7-19)40-28-33-14-5-15-34-28;1-2/h5-10,14-15,18,21H,11-13,16-17H2,1-4H3,(H,37,39)(H2,32,35,36);1-2H3. The summed E-state index contributed by atoms with van der Waals surface area (Å²) in [5.41, 5.74) is 11.3. The van der Waals surface area contributed by atoms with Gasteiger partial charge in [-0.3, -0.25) is 0 Å². The fourth-order valence-electron chi connectivity index (χ4n) is 6.16. The van der Waals surface area contributed by atoms with Crippen molar-refractivity contribution in [1.29, 1.82) is 0 Å². The Labute approximate surface area is 252 Å². The van der Waals surface area contributed by atoms with Gasteiger partial charge < -0.3 is 25.1 Å². The number of amides is 1. The lowest BCUT2D eigenvalue weighted by molar-refractivity contribution is 0.0296. The summed E-state index contributed by atoms with van der Waals surface area (Å²) in [5, 5.41) is 3.88. The summed E-state index contributed by atoms with van der Waals surface area (Å²) in [7, 11) is 2.03. The quantitative estimate of drug-likeness (QED) is 0.255.